The van der Waals surface area contributed by atoms with Gasteiger partial charge in [-0.05, 0) is 29.7 Å². The van der Waals surface area contributed by atoms with Gasteiger partial charge in [0, 0.05) is 11.2 Å². The van der Waals surface area contributed by atoms with Crippen molar-refractivity contribution >= 4 is 28.0 Å². The molecule has 2 aliphatic rings. The maximum Gasteiger partial charge on any atom is 0.323 e. The molecule has 1 fully saturated rings. The Morgan fingerprint density at radius 2 is 2.14 bits per heavy atom. The first-order valence-electron chi connectivity index (χ1n) is 6.59. The molecule has 0 aliphatic heterocycles. The van der Waals surface area contributed by atoms with Crippen LogP contribution in [0.15, 0.2) is 24.3 Å². The van der Waals surface area contributed by atoms with Crippen molar-refractivity contribution in [2.75, 3.05) is 0 Å². The van der Waals surface area contributed by atoms with Crippen LogP contribution in [0.1, 0.15) is 24.0 Å². The van der Waals surface area contributed by atoms with Crippen LogP contribution in [0.25, 0.3) is 6.08 Å². The minimum absolute atomic E-state index is 0.101. The molecule has 6 heteroatoms. The molecule has 0 radical (unpaired) electrons. The highest BCUT2D eigenvalue weighted by molar-refractivity contribution is 9.09. The summed E-state index contributed by atoms with van der Waals surface area (Å²) < 4.78 is 28.2. The van der Waals surface area contributed by atoms with Crippen LogP contribution in [-0.2, 0) is 10.2 Å². The van der Waals surface area contributed by atoms with E-state index in [0.29, 0.717) is 11.1 Å². The van der Waals surface area contributed by atoms with Gasteiger partial charge in [-0.2, -0.15) is 0 Å². The normalized spacial score (nSPS) is 37.7. The molecule has 0 heterocycles. The summed E-state index contributed by atoms with van der Waals surface area (Å²) in [7, 11) is 0. The summed E-state index contributed by atoms with van der Waals surface area (Å²) in [4.78, 5) is 10.8. The van der Waals surface area contributed by atoms with Crippen LogP contribution in [0.4, 0.5) is 8.78 Å². The van der Waals surface area contributed by atoms with E-state index in [-0.39, 0.29) is 18.7 Å². The zero-order chi connectivity index (χ0) is 15.4. The minimum atomic E-state index is -1.59. The lowest BCUT2D eigenvalue weighted by atomic mass is 9.64. The predicted octanol–water partition coefficient (Wildman–Crippen LogP) is 2.77. The first-order chi connectivity index (χ1) is 9.79. The highest BCUT2D eigenvalue weighted by Gasteiger charge is 2.57. The van der Waals surface area contributed by atoms with Crippen LogP contribution < -0.4 is 5.73 Å². The van der Waals surface area contributed by atoms with Crippen LogP contribution in [0, 0.1) is 5.82 Å². The van der Waals surface area contributed by atoms with Gasteiger partial charge in [-0.1, -0.05) is 34.1 Å². The molecule has 1 aromatic rings. The average Bonchev–Trinajstić information content (AvgIpc) is 2.76. The van der Waals surface area contributed by atoms with Crippen LogP contribution in [0.3, 0.4) is 0 Å². The Morgan fingerprint density at radius 1 is 1.43 bits per heavy atom. The molecule has 4 atom stereocenters. The number of hydrogen-bond acceptors (Lipinski definition) is 2. The lowest BCUT2D eigenvalue weighted by molar-refractivity contribution is -0.146. The fraction of sp³-hybridized carbons (Fsp3) is 0.400. The van der Waals surface area contributed by atoms with Crippen LogP contribution >= 0.6 is 15.9 Å². The van der Waals surface area contributed by atoms with Crippen LogP contribution in [-0.4, -0.2) is 27.6 Å². The van der Waals surface area contributed by atoms with Crippen molar-refractivity contribution in [1.29, 1.82) is 0 Å². The van der Waals surface area contributed by atoms with E-state index in [1.165, 1.54) is 12.1 Å². The lowest BCUT2D eigenvalue weighted by Gasteiger charge is -2.46. The summed E-state index contributed by atoms with van der Waals surface area (Å²) in [5.41, 5.74) is 4.55. The topological polar surface area (TPSA) is 63.3 Å². The molecule has 4 unspecified atom stereocenters. The SMILES string of the molecule is NC1(C(=O)O)CC(F)C2(C=Cc3cc(F)ccc32)C(Br)C1. The Bertz CT molecular complexity index is 635. The van der Waals surface area contributed by atoms with E-state index in [2.05, 4.69) is 15.9 Å². The molecule has 1 aromatic carbocycles. The Labute approximate surface area is 129 Å². The number of benzene rings is 1. The maximum absolute atomic E-state index is 14.9. The highest BCUT2D eigenvalue weighted by atomic mass is 79.9. The summed E-state index contributed by atoms with van der Waals surface area (Å²) in [5, 5.41) is 9.22. The molecule has 2 aliphatic carbocycles. The summed E-state index contributed by atoms with van der Waals surface area (Å²) in [5.74, 6) is -1.59. The van der Waals surface area contributed by atoms with Gasteiger partial charge in [0.2, 0.25) is 0 Å². The van der Waals surface area contributed by atoms with Gasteiger partial charge < -0.3 is 10.8 Å². The summed E-state index contributed by atoms with van der Waals surface area (Å²) in [6, 6.07) is 4.21. The second-order valence-corrected chi connectivity index (χ2v) is 6.91. The zero-order valence-corrected chi connectivity index (χ0v) is 12.6. The van der Waals surface area contributed by atoms with Gasteiger partial charge in [-0.3, -0.25) is 4.79 Å². The van der Waals surface area contributed by atoms with E-state index in [4.69, 9.17) is 5.73 Å². The number of aliphatic carboxylic acids is 1. The monoisotopic (exact) mass is 357 g/mol. The van der Waals surface area contributed by atoms with Gasteiger partial charge in [-0.25, -0.2) is 8.78 Å². The second kappa shape index (κ2) is 4.61. The van der Waals surface area contributed by atoms with Crippen molar-refractivity contribution in [3.63, 3.8) is 0 Å². The van der Waals surface area contributed by atoms with Crippen molar-refractivity contribution < 1.29 is 18.7 Å². The molecule has 0 amide bonds. The number of carboxylic acid groups (broad SMARTS) is 1. The van der Waals surface area contributed by atoms with Crippen molar-refractivity contribution in [3.05, 3.63) is 41.2 Å². The van der Waals surface area contributed by atoms with E-state index in [1.54, 1.807) is 18.2 Å². The third-order valence-electron chi connectivity index (χ3n) is 4.57. The number of hydrogen-bond donors (Lipinski definition) is 2. The first kappa shape index (κ1) is 14.7. The fourth-order valence-electron chi connectivity index (χ4n) is 3.36. The maximum atomic E-state index is 14.9. The molecular formula is C15H14BrF2NO2. The Kier molecular flexibility index (Phi) is 3.22. The molecule has 1 saturated carbocycles. The van der Waals surface area contributed by atoms with Crippen molar-refractivity contribution in [3.8, 4) is 0 Å². The molecule has 3 nitrogen and oxygen atoms in total. The summed E-state index contributed by atoms with van der Waals surface area (Å²) in [6.07, 6.45) is 1.75. The molecule has 0 bridgehead atoms. The van der Waals surface area contributed by atoms with E-state index in [0.717, 1.165) is 0 Å². The van der Waals surface area contributed by atoms with Gasteiger partial charge >= 0.3 is 5.97 Å². The van der Waals surface area contributed by atoms with Crippen molar-refractivity contribution in [2.24, 2.45) is 5.73 Å². The van der Waals surface area contributed by atoms with Crippen molar-refractivity contribution in [1.82, 2.24) is 0 Å². The molecule has 3 rings (SSSR count). The number of nitrogens with two attached hydrogens (primary N) is 1. The van der Waals surface area contributed by atoms with E-state index >= 15 is 0 Å². The van der Waals surface area contributed by atoms with Gasteiger partial charge in [0.05, 0.1) is 5.41 Å². The predicted molar refractivity (Wildman–Crippen MR) is 78.5 cm³/mol. The third-order valence-corrected chi connectivity index (χ3v) is 5.65. The Balaban J connectivity index is 2.06. The van der Waals surface area contributed by atoms with Crippen molar-refractivity contribution in [2.45, 2.75) is 34.8 Å². The molecule has 1 spiro atoms. The minimum Gasteiger partial charge on any atom is -0.480 e. The zero-order valence-electron chi connectivity index (χ0n) is 11.0. The van der Waals surface area contributed by atoms with Gasteiger partial charge in [0.15, 0.2) is 0 Å². The van der Waals surface area contributed by atoms with Gasteiger partial charge in [-0.15, -0.1) is 0 Å². The molecule has 3 N–H and O–H groups in total. The highest BCUT2D eigenvalue weighted by Crippen LogP contribution is 2.52. The largest absolute Gasteiger partial charge is 0.480 e. The number of halogens is 3. The van der Waals surface area contributed by atoms with Crippen LogP contribution in [0.2, 0.25) is 0 Å². The number of carbonyl (C=O) groups is 1. The number of carboxylic acids is 1. The standard InChI is InChI=1S/C15H14BrF2NO2/c16-11-6-14(19,13(20)21)7-12(18)15(11)4-3-8-5-9(17)1-2-10(8)15/h1-5,11-12H,6-7,19H2,(H,20,21). The van der Waals surface area contributed by atoms with Gasteiger partial charge in [0.1, 0.15) is 17.5 Å². The number of alkyl halides is 2. The fourth-order valence-corrected chi connectivity index (χ4v) is 4.62. The lowest BCUT2D eigenvalue weighted by Crippen LogP contribution is -2.61. The molecule has 0 aromatic heterocycles. The van der Waals surface area contributed by atoms with E-state index < -0.39 is 27.9 Å². The number of allylic oxidation sites excluding steroid dienone is 1. The third kappa shape index (κ3) is 1.96. The van der Waals surface area contributed by atoms with E-state index in [9.17, 15) is 18.7 Å². The van der Waals surface area contributed by atoms with Crippen LogP contribution in [0.5, 0.6) is 0 Å². The van der Waals surface area contributed by atoms with E-state index in [1.807, 2.05) is 0 Å². The average molecular weight is 358 g/mol. The number of fused-ring (bicyclic) bond motifs is 2. The quantitative estimate of drug-likeness (QED) is 0.759. The number of rotatable bonds is 1. The summed E-state index contributed by atoms with van der Waals surface area (Å²) in [6.45, 7) is 0. The Morgan fingerprint density at radius 3 is 2.76 bits per heavy atom. The molecule has 0 saturated heterocycles. The van der Waals surface area contributed by atoms with Gasteiger partial charge in [0.25, 0.3) is 0 Å². The smallest absolute Gasteiger partial charge is 0.323 e. The second-order valence-electron chi connectivity index (χ2n) is 5.80. The summed E-state index contributed by atoms with van der Waals surface area (Å²) >= 11 is 3.42. The Hall–Kier alpha value is -1.27. The molecular weight excluding hydrogens is 344 g/mol. The molecule has 112 valence electrons. The first-order valence-corrected chi connectivity index (χ1v) is 7.51. The molecule has 21 heavy (non-hydrogen) atoms.